The summed E-state index contributed by atoms with van der Waals surface area (Å²) in [6.45, 7) is 3.13. The van der Waals surface area contributed by atoms with Crippen molar-refractivity contribution in [1.82, 2.24) is 14.9 Å². The summed E-state index contributed by atoms with van der Waals surface area (Å²) in [4.78, 5) is 4.38. The molecule has 1 aromatic rings. The van der Waals surface area contributed by atoms with Gasteiger partial charge in [-0.15, -0.1) is 0 Å². The standard InChI is InChI=1S/C16H24N4/c1-2-15-18-9-11-20(15)10-7-13-4-3-8-16(13,12-17)19-14-5-6-14/h9,11,13-14,19H,2-8,10H2,1H3. The van der Waals surface area contributed by atoms with Crippen molar-refractivity contribution < 1.29 is 0 Å². The third-order valence-corrected chi connectivity index (χ3v) is 4.90. The van der Waals surface area contributed by atoms with Gasteiger partial charge in [0.15, 0.2) is 0 Å². The summed E-state index contributed by atoms with van der Waals surface area (Å²) in [5.74, 6) is 1.64. The van der Waals surface area contributed by atoms with E-state index in [2.05, 4.69) is 34.1 Å². The first-order valence-corrected chi connectivity index (χ1v) is 7.96. The Morgan fingerprint density at radius 1 is 1.50 bits per heavy atom. The molecule has 0 saturated heterocycles. The van der Waals surface area contributed by atoms with Crippen molar-refractivity contribution in [3.8, 4) is 6.07 Å². The van der Waals surface area contributed by atoms with Crippen molar-refractivity contribution in [1.29, 1.82) is 5.26 Å². The van der Waals surface area contributed by atoms with Crippen LogP contribution in [0.25, 0.3) is 0 Å². The van der Waals surface area contributed by atoms with E-state index in [9.17, 15) is 5.26 Å². The van der Waals surface area contributed by atoms with Gasteiger partial charge in [-0.3, -0.25) is 5.32 Å². The molecule has 0 spiro atoms. The molecule has 1 heterocycles. The molecule has 2 fully saturated rings. The van der Waals surface area contributed by atoms with Gasteiger partial charge in [0.1, 0.15) is 11.4 Å². The van der Waals surface area contributed by atoms with Crippen molar-refractivity contribution in [3.63, 3.8) is 0 Å². The van der Waals surface area contributed by atoms with Crippen molar-refractivity contribution in [2.75, 3.05) is 0 Å². The minimum Gasteiger partial charge on any atom is -0.335 e. The molecule has 0 amide bonds. The lowest BCUT2D eigenvalue weighted by Gasteiger charge is -2.30. The van der Waals surface area contributed by atoms with Gasteiger partial charge in [-0.2, -0.15) is 5.26 Å². The molecule has 1 N–H and O–H groups in total. The molecular formula is C16H24N4. The summed E-state index contributed by atoms with van der Waals surface area (Å²) in [5, 5.41) is 13.3. The van der Waals surface area contributed by atoms with Gasteiger partial charge in [-0.1, -0.05) is 13.3 Å². The molecule has 0 aromatic carbocycles. The first-order valence-electron chi connectivity index (χ1n) is 7.96. The predicted octanol–water partition coefficient (Wildman–Crippen LogP) is 2.65. The van der Waals surface area contributed by atoms with Gasteiger partial charge < -0.3 is 4.57 Å². The SMILES string of the molecule is CCc1nccn1CCC1CCCC1(C#N)NC1CC1. The minimum atomic E-state index is -0.256. The highest BCUT2D eigenvalue weighted by Gasteiger charge is 2.45. The monoisotopic (exact) mass is 272 g/mol. The molecule has 0 radical (unpaired) electrons. The average Bonchev–Trinajstić information content (AvgIpc) is 3.02. The largest absolute Gasteiger partial charge is 0.335 e. The quantitative estimate of drug-likeness (QED) is 0.866. The maximum atomic E-state index is 9.69. The number of nitriles is 1. The van der Waals surface area contributed by atoms with E-state index >= 15 is 0 Å². The lowest BCUT2D eigenvalue weighted by atomic mass is 9.85. The summed E-state index contributed by atoms with van der Waals surface area (Å²) in [6.07, 6.45) is 11.9. The van der Waals surface area contributed by atoms with Crippen LogP contribution in [0.2, 0.25) is 0 Å². The van der Waals surface area contributed by atoms with Crippen molar-refractivity contribution in [2.24, 2.45) is 5.92 Å². The average molecular weight is 272 g/mol. The summed E-state index contributed by atoms with van der Waals surface area (Å²) in [5.41, 5.74) is -0.256. The number of rotatable bonds is 6. The number of nitrogens with one attached hydrogen (secondary N) is 1. The second-order valence-corrected chi connectivity index (χ2v) is 6.27. The molecule has 2 saturated carbocycles. The van der Waals surface area contributed by atoms with E-state index in [1.165, 1.54) is 25.7 Å². The molecule has 2 aliphatic carbocycles. The van der Waals surface area contributed by atoms with Crippen molar-refractivity contribution in [3.05, 3.63) is 18.2 Å². The van der Waals surface area contributed by atoms with E-state index in [1.54, 1.807) is 0 Å². The van der Waals surface area contributed by atoms with Crippen LogP contribution in [0.1, 0.15) is 51.3 Å². The Balaban J connectivity index is 1.65. The molecule has 20 heavy (non-hydrogen) atoms. The van der Waals surface area contributed by atoms with Crippen LogP contribution in [-0.4, -0.2) is 21.1 Å². The first kappa shape index (κ1) is 13.6. The molecule has 1 aromatic heterocycles. The normalized spacial score (nSPS) is 29.5. The number of hydrogen-bond acceptors (Lipinski definition) is 3. The van der Waals surface area contributed by atoms with E-state index < -0.39 is 0 Å². The Hall–Kier alpha value is -1.34. The predicted molar refractivity (Wildman–Crippen MR) is 78.1 cm³/mol. The van der Waals surface area contributed by atoms with Crippen LogP contribution < -0.4 is 5.32 Å². The zero-order valence-electron chi connectivity index (χ0n) is 12.3. The van der Waals surface area contributed by atoms with Gasteiger partial charge >= 0.3 is 0 Å². The van der Waals surface area contributed by atoms with Crippen LogP contribution in [-0.2, 0) is 13.0 Å². The van der Waals surface area contributed by atoms with Gasteiger partial charge in [0, 0.05) is 31.4 Å². The van der Waals surface area contributed by atoms with E-state index in [0.29, 0.717) is 12.0 Å². The van der Waals surface area contributed by atoms with Gasteiger partial charge in [-0.05, 0) is 38.0 Å². The molecule has 2 aliphatic rings. The number of aryl methyl sites for hydroxylation is 2. The molecule has 0 aliphatic heterocycles. The second-order valence-electron chi connectivity index (χ2n) is 6.27. The maximum absolute atomic E-state index is 9.69. The molecule has 2 unspecified atom stereocenters. The summed E-state index contributed by atoms with van der Waals surface area (Å²) in [7, 11) is 0. The molecule has 0 bridgehead atoms. The van der Waals surface area contributed by atoms with Crippen LogP contribution in [0, 0.1) is 17.2 Å². The van der Waals surface area contributed by atoms with Crippen LogP contribution in [0.4, 0.5) is 0 Å². The Morgan fingerprint density at radius 3 is 3.05 bits per heavy atom. The fraction of sp³-hybridized carbons (Fsp3) is 0.750. The van der Waals surface area contributed by atoms with Crippen LogP contribution >= 0.6 is 0 Å². The third-order valence-electron chi connectivity index (χ3n) is 4.90. The Labute approximate surface area is 121 Å². The van der Waals surface area contributed by atoms with Crippen molar-refractivity contribution >= 4 is 0 Å². The lowest BCUT2D eigenvalue weighted by Crippen LogP contribution is -2.48. The molecule has 4 nitrogen and oxygen atoms in total. The van der Waals surface area contributed by atoms with Gasteiger partial charge in [0.05, 0.1) is 6.07 Å². The highest BCUT2D eigenvalue weighted by atomic mass is 15.1. The van der Waals surface area contributed by atoms with E-state index in [0.717, 1.165) is 31.6 Å². The van der Waals surface area contributed by atoms with E-state index in [-0.39, 0.29) is 5.54 Å². The van der Waals surface area contributed by atoms with Crippen LogP contribution in [0.5, 0.6) is 0 Å². The minimum absolute atomic E-state index is 0.256. The summed E-state index contributed by atoms with van der Waals surface area (Å²) >= 11 is 0. The highest BCUT2D eigenvalue weighted by Crippen LogP contribution is 2.40. The first-order chi connectivity index (χ1) is 9.77. The lowest BCUT2D eigenvalue weighted by molar-refractivity contribution is 0.286. The van der Waals surface area contributed by atoms with Crippen molar-refractivity contribution in [2.45, 2.75) is 70.0 Å². The zero-order valence-corrected chi connectivity index (χ0v) is 12.3. The van der Waals surface area contributed by atoms with E-state index in [4.69, 9.17) is 0 Å². The topological polar surface area (TPSA) is 53.6 Å². The molecule has 4 heteroatoms. The fourth-order valence-corrected chi connectivity index (χ4v) is 3.58. The Morgan fingerprint density at radius 2 is 2.35 bits per heavy atom. The molecule has 108 valence electrons. The number of nitrogens with zero attached hydrogens (tertiary/aromatic N) is 3. The second kappa shape index (κ2) is 5.57. The Kier molecular flexibility index (Phi) is 3.80. The smallest absolute Gasteiger partial charge is 0.109 e. The highest BCUT2D eigenvalue weighted by molar-refractivity contribution is 5.16. The van der Waals surface area contributed by atoms with Crippen LogP contribution in [0.15, 0.2) is 12.4 Å². The van der Waals surface area contributed by atoms with Gasteiger partial charge in [0.2, 0.25) is 0 Å². The Bertz CT molecular complexity index is 497. The fourth-order valence-electron chi connectivity index (χ4n) is 3.58. The third kappa shape index (κ3) is 2.60. The molecular weight excluding hydrogens is 248 g/mol. The molecule has 2 atom stereocenters. The van der Waals surface area contributed by atoms with E-state index in [1.807, 2.05) is 6.20 Å². The van der Waals surface area contributed by atoms with Gasteiger partial charge in [0.25, 0.3) is 0 Å². The summed E-state index contributed by atoms with van der Waals surface area (Å²) in [6, 6.07) is 3.23. The van der Waals surface area contributed by atoms with Gasteiger partial charge in [-0.25, -0.2) is 4.98 Å². The molecule has 3 rings (SSSR count). The maximum Gasteiger partial charge on any atom is 0.109 e. The summed E-state index contributed by atoms with van der Waals surface area (Å²) < 4.78 is 2.25. The number of imidazole rings is 1. The zero-order chi connectivity index (χ0) is 14.0. The van der Waals surface area contributed by atoms with Crippen LogP contribution in [0.3, 0.4) is 0 Å². The number of hydrogen-bond donors (Lipinski definition) is 1. The number of aromatic nitrogens is 2.